The van der Waals surface area contributed by atoms with E-state index in [1.165, 1.54) is 12.1 Å². The molecule has 1 saturated heterocycles. The van der Waals surface area contributed by atoms with Gasteiger partial charge in [-0.2, -0.15) is 0 Å². The first-order chi connectivity index (χ1) is 9.01. The van der Waals surface area contributed by atoms with Crippen molar-refractivity contribution in [3.05, 3.63) is 34.6 Å². The van der Waals surface area contributed by atoms with Crippen LogP contribution >= 0.6 is 11.6 Å². The smallest absolute Gasteiger partial charge is 0.124 e. The molecule has 0 saturated carbocycles. The van der Waals surface area contributed by atoms with E-state index in [4.69, 9.17) is 16.3 Å². The van der Waals surface area contributed by atoms with Gasteiger partial charge in [0.1, 0.15) is 5.82 Å². The van der Waals surface area contributed by atoms with Crippen LogP contribution in [0.4, 0.5) is 4.39 Å². The van der Waals surface area contributed by atoms with Crippen LogP contribution < -0.4 is 5.32 Å². The van der Waals surface area contributed by atoms with E-state index in [1.807, 2.05) is 0 Å². The van der Waals surface area contributed by atoms with Gasteiger partial charge in [0.25, 0.3) is 0 Å². The van der Waals surface area contributed by atoms with E-state index < -0.39 is 0 Å². The lowest BCUT2D eigenvalue weighted by Gasteiger charge is -2.29. The minimum atomic E-state index is -0.286. The lowest BCUT2D eigenvalue weighted by Crippen LogP contribution is -2.39. The Hall–Kier alpha value is -0.640. The van der Waals surface area contributed by atoms with E-state index in [-0.39, 0.29) is 11.2 Å². The van der Waals surface area contributed by atoms with Crippen molar-refractivity contribution in [3.63, 3.8) is 0 Å². The third-order valence-electron chi connectivity index (χ3n) is 3.65. The highest BCUT2D eigenvalue weighted by Crippen LogP contribution is 2.34. The molecule has 1 N–H and O–H groups in total. The Balaban J connectivity index is 2.11. The largest absolute Gasteiger partial charge is 0.381 e. The molecule has 1 aliphatic heterocycles. The monoisotopic (exact) mass is 285 g/mol. The van der Waals surface area contributed by atoms with Crippen LogP contribution in [-0.4, -0.2) is 25.8 Å². The minimum Gasteiger partial charge on any atom is -0.381 e. The molecule has 106 valence electrons. The second kappa shape index (κ2) is 6.21. The van der Waals surface area contributed by atoms with Crippen molar-refractivity contribution in [3.8, 4) is 0 Å². The Kier molecular flexibility index (Phi) is 4.82. The van der Waals surface area contributed by atoms with Crippen LogP contribution in [0.2, 0.25) is 5.02 Å². The summed E-state index contributed by atoms with van der Waals surface area (Å²) in [4.78, 5) is 0. The highest BCUT2D eigenvalue weighted by atomic mass is 35.5. The molecule has 0 aromatic heterocycles. The quantitative estimate of drug-likeness (QED) is 0.895. The molecule has 0 spiro atoms. The molecule has 1 fully saturated rings. The van der Waals surface area contributed by atoms with Gasteiger partial charge in [-0.3, -0.25) is 0 Å². The molecule has 1 unspecified atom stereocenters. The first-order valence-electron chi connectivity index (χ1n) is 6.76. The van der Waals surface area contributed by atoms with Crippen LogP contribution in [0.3, 0.4) is 0 Å². The number of nitrogens with one attached hydrogen (secondary N) is 1. The Labute approximate surface area is 119 Å². The number of hydrogen-bond donors (Lipinski definition) is 1. The van der Waals surface area contributed by atoms with Gasteiger partial charge in [0.15, 0.2) is 0 Å². The molecular formula is C15H21ClFNO. The summed E-state index contributed by atoms with van der Waals surface area (Å²) in [5.74, 6) is -0.286. The zero-order valence-electron chi connectivity index (χ0n) is 11.5. The first-order valence-corrected chi connectivity index (χ1v) is 7.14. The first kappa shape index (κ1) is 14.8. The molecule has 1 atom stereocenters. The summed E-state index contributed by atoms with van der Waals surface area (Å²) >= 11 is 6.13. The van der Waals surface area contributed by atoms with Gasteiger partial charge in [-0.15, -0.1) is 0 Å². The number of ether oxygens (including phenoxy) is 1. The molecule has 1 aromatic carbocycles. The molecule has 2 nitrogen and oxygen atoms in total. The Morgan fingerprint density at radius 2 is 2.26 bits per heavy atom. The molecule has 1 heterocycles. The predicted molar refractivity (Wildman–Crippen MR) is 76.1 cm³/mol. The molecular weight excluding hydrogens is 265 g/mol. The average molecular weight is 286 g/mol. The summed E-state index contributed by atoms with van der Waals surface area (Å²) in [6.45, 7) is 6.69. The Morgan fingerprint density at radius 1 is 1.47 bits per heavy atom. The average Bonchev–Trinajstić information content (AvgIpc) is 2.80. The number of benzene rings is 1. The standard InChI is InChI=1S/C15H21ClFNO/c1-11(2)18-9-15(5-6-19-10-15)8-12-3-4-13(17)7-14(12)16/h3-4,7,11,18H,5-6,8-10H2,1-2H3. The van der Waals surface area contributed by atoms with Gasteiger partial charge < -0.3 is 10.1 Å². The van der Waals surface area contributed by atoms with Crippen LogP contribution in [0.5, 0.6) is 0 Å². The molecule has 0 bridgehead atoms. The van der Waals surface area contributed by atoms with Gasteiger partial charge in [0, 0.05) is 29.6 Å². The fraction of sp³-hybridized carbons (Fsp3) is 0.600. The number of halogens is 2. The fourth-order valence-corrected chi connectivity index (χ4v) is 2.71. The zero-order chi connectivity index (χ0) is 13.9. The Morgan fingerprint density at radius 3 is 2.84 bits per heavy atom. The van der Waals surface area contributed by atoms with Crippen molar-refractivity contribution < 1.29 is 9.13 Å². The minimum absolute atomic E-state index is 0.0751. The van der Waals surface area contributed by atoms with E-state index in [2.05, 4.69) is 19.2 Å². The molecule has 1 aromatic rings. The summed E-state index contributed by atoms with van der Waals surface area (Å²) in [7, 11) is 0. The third kappa shape index (κ3) is 3.91. The van der Waals surface area contributed by atoms with Crippen LogP contribution in [0.25, 0.3) is 0 Å². The summed E-state index contributed by atoms with van der Waals surface area (Å²) in [5, 5.41) is 3.99. The van der Waals surface area contributed by atoms with Crippen molar-refractivity contribution in [2.45, 2.75) is 32.7 Å². The maximum Gasteiger partial charge on any atom is 0.124 e. The highest BCUT2D eigenvalue weighted by molar-refractivity contribution is 6.31. The van der Waals surface area contributed by atoms with Crippen molar-refractivity contribution in [1.82, 2.24) is 5.32 Å². The van der Waals surface area contributed by atoms with E-state index in [1.54, 1.807) is 6.07 Å². The SMILES string of the molecule is CC(C)NCC1(Cc2ccc(F)cc2Cl)CCOC1. The predicted octanol–water partition coefficient (Wildman–Crippen LogP) is 3.43. The molecule has 0 radical (unpaired) electrons. The normalized spacial score (nSPS) is 23.2. The maximum atomic E-state index is 13.1. The molecule has 2 rings (SSSR count). The second-order valence-corrected chi connectivity index (χ2v) is 6.16. The van der Waals surface area contributed by atoms with Gasteiger partial charge in [0.05, 0.1) is 6.61 Å². The van der Waals surface area contributed by atoms with E-state index in [0.29, 0.717) is 11.1 Å². The van der Waals surface area contributed by atoms with Gasteiger partial charge in [-0.25, -0.2) is 4.39 Å². The van der Waals surface area contributed by atoms with Crippen LogP contribution in [-0.2, 0) is 11.2 Å². The molecule has 0 aliphatic carbocycles. The number of hydrogen-bond acceptors (Lipinski definition) is 2. The summed E-state index contributed by atoms with van der Waals surface area (Å²) < 4.78 is 18.7. The second-order valence-electron chi connectivity index (χ2n) is 5.75. The fourth-order valence-electron chi connectivity index (χ4n) is 2.48. The highest BCUT2D eigenvalue weighted by Gasteiger charge is 2.35. The van der Waals surface area contributed by atoms with Crippen LogP contribution in [0.1, 0.15) is 25.8 Å². The molecule has 19 heavy (non-hydrogen) atoms. The zero-order valence-corrected chi connectivity index (χ0v) is 12.3. The molecule has 0 amide bonds. The van der Waals surface area contributed by atoms with Crippen molar-refractivity contribution >= 4 is 11.6 Å². The number of rotatable bonds is 5. The third-order valence-corrected chi connectivity index (χ3v) is 4.00. The molecule has 4 heteroatoms. The van der Waals surface area contributed by atoms with Crippen LogP contribution in [0, 0.1) is 11.2 Å². The van der Waals surface area contributed by atoms with Crippen molar-refractivity contribution in [2.75, 3.05) is 19.8 Å². The van der Waals surface area contributed by atoms with E-state index in [9.17, 15) is 4.39 Å². The molecule has 1 aliphatic rings. The van der Waals surface area contributed by atoms with E-state index in [0.717, 1.165) is 38.2 Å². The van der Waals surface area contributed by atoms with Crippen LogP contribution in [0.15, 0.2) is 18.2 Å². The van der Waals surface area contributed by atoms with Crippen molar-refractivity contribution in [1.29, 1.82) is 0 Å². The maximum absolute atomic E-state index is 13.1. The topological polar surface area (TPSA) is 21.3 Å². The Bertz CT molecular complexity index is 430. The van der Waals surface area contributed by atoms with Crippen molar-refractivity contribution in [2.24, 2.45) is 5.41 Å². The van der Waals surface area contributed by atoms with Gasteiger partial charge in [-0.1, -0.05) is 31.5 Å². The lowest BCUT2D eigenvalue weighted by molar-refractivity contribution is 0.148. The van der Waals surface area contributed by atoms with Gasteiger partial charge >= 0.3 is 0 Å². The summed E-state index contributed by atoms with van der Waals surface area (Å²) in [6.07, 6.45) is 1.84. The van der Waals surface area contributed by atoms with Gasteiger partial charge in [0.2, 0.25) is 0 Å². The summed E-state index contributed by atoms with van der Waals surface area (Å²) in [5.41, 5.74) is 1.07. The lowest BCUT2D eigenvalue weighted by atomic mass is 9.80. The van der Waals surface area contributed by atoms with E-state index >= 15 is 0 Å². The summed E-state index contributed by atoms with van der Waals surface area (Å²) in [6, 6.07) is 5.09. The van der Waals surface area contributed by atoms with Gasteiger partial charge in [-0.05, 0) is 30.5 Å².